The zero-order valence-corrected chi connectivity index (χ0v) is 15.6. The maximum atomic E-state index is 13.2. The summed E-state index contributed by atoms with van der Waals surface area (Å²) in [4.78, 5) is 14.7. The van der Waals surface area contributed by atoms with Gasteiger partial charge in [-0.15, -0.1) is 0 Å². The highest BCUT2D eigenvalue weighted by atomic mass is 19.4. The van der Waals surface area contributed by atoms with Crippen LogP contribution in [0.1, 0.15) is 28.8 Å². The Labute approximate surface area is 161 Å². The van der Waals surface area contributed by atoms with Crippen LogP contribution in [0.2, 0.25) is 0 Å². The van der Waals surface area contributed by atoms with Gasteiger partial charge in [0, 0.05) is 18.7 Å². The van der Waals surface area contributed by atoms with Gasteiger partial charge in [0.1, 0.15) is 0 Å². The fourth-order valence-corrected chi connectivity index (χ4v) is 3.22. The first-order valence-corrected chi connectivity index (χ1v) is 8.83. The lowest BCUT2D eigenvalue weighted by molar-refractivity contribution is -0.137. The first-order chi connectivity index (χ1) is 13.3. The zero-order chi connectivity index (χ0) is 20.3. The second kappa shape index (κ2) is 8.00. The molecule has 2 aromatic rings. The summed E-state index contributed by atoms with van der Waals surface area (Å²) in [6.07, 6.45) is -2.57. The standard InChI is InChI=1S/C20H21F3N2O3/c1-27-17-8-5-13(11-18(17)28-2)19(26)24-15-12-14(20(21,22)23)6-7-16(15)25-9-3-4-10-25/h5-8,11-12H,3-4,9-10H2,1-2H3,(H,24,26). The first-order valence-electron chi connectivity index (χ1n) is 8.83. The van der Waals surface area contributed by atoms with Crippen molar-refractivity contribution in [3.05, 3.63) is 47.5 Å². The Kier molecular flexibility index (Phi) is 5.67. The minimum Gasteiger partial charge on any atom is -0.493 e. The van der Waals surface area contributed by atoms with Crippen LogP contribution in [0.3, 0.4) is 0 Å². The molecule has 5 nitrogen and oxygen atoms in total. The van der Waals surface area contributed by atoms with Gasteiger partial charge in [-0.25, -0.2) is 0 Å². The van der Waals surface area contributed by atoms with Gasteiger partial charge >= 0.3 is 6.18 Å². The molecule has 0 aromatic heterocycles. The lowest BCUT2D eigenvalue weighted by Crippen LogP contribution is -2.22. The molecular formula is C20H21F3N2O3. The molecule has 0 unspecified atom stereocenters. The summed E-state index contributed by atoms with van der Waals surface area (Å²) in [5, 5.41) is 2.63. The predicted molar refractivity (Wildman–Crippen MR) is 100 cm³/mol. The minimum absolute atomic E-state index is 0.136. The van der Waals surface area contributed by atoms with E-state index in [4.69, 9.17) is 9.47 Å². The largest absolute Gasteiger partial charge is 0.493 e. The maximum absolute atomic E-state index is 13.2. The average Bonchev–Trinajstić information content (AvgIpc) is 3.21. The molecule has 1 amide bonds. The van der Waals surface area contributed by atoms with Gasteiger partial charge in [-0.3, -0.25) is 4.79 Å². The number of nitrogens with zero attached hydrogens (tertiary/aromatic N) is 1. The predicted octanol–water partition coefficient (Wildman–Crippen LogP) is 4.58. The molecule has 2 aromatic carbocycles. The lowest BCUT2D eigenvalue weighted by Gasteiger charge is -2.23. The number of anilines is 2. The van der Waals surface area contributed by atoms with E-state index in [2.05, 4.69) is 5.32 Å². The molecule has 0 spiro atoms. The van der Waals surface area contributed by atoms with Crippen LogP contribution in [0.5, 0.6) is 11.5 Å². The van der Waals surface area contributed by atoms with Gasteiger partial charge < -0.3 is 19.7 Å². The van der Waals surface area contributed by atoms with Crippen molar-refractivity contribution < 1.29 is 27.4 Å². The topological polar surface area (TPSA) is 50.8 Å². The molecule has 1 fully saturated rings. The van der Waals surface area contributed by atoms with E-state index in [0.29, 0.717) is 17.2 Å². The summed E-state index contributed by atoms with van der Waals surface area (Å²) in [5.74, 6) is 0.288. The van der Waals surface area contributed by atoms with Crippen molar-refractivity contribution in [3.8, 4) is 11.5 Å². The Balaban J connectivity index is 1.94. The summed E-state index contributed by atoms with van der Waals surface area (Å²) in [6.45, 7) is 1.48. The van der Waals surface area contributed by atoms with Crippen LogP contribution < -0.4 is 19.7 Å². The molecule has 1 aliphatic heterocycles. The van der Waals surface area contributed by atoms with Crippen LogP contribution in [-0.4, -0.2) is 33.2 Å². The number of nitrogens with one attached hydrogen (secondary N) is 1. The maximum Gasteiger partial charge on any atom is 0.416 e. The summed E-state index contributed by atoms with van der Waals surface area (Å²) in [5.41, 5.74) is 0.163. The molecule has 1 saturated heterocycles. The molecule has 0 saturated carbocycles. The van der Waals surface area contributed by atoms with Crippen LogP contribution in [-0.2, 0) is 6.18 Å². The molecular weight excluding hydrogens is 373 g/mol. The number of rotatable bonds is 5. The van der Waals surface area contributed by atoms with E-state index >= 15 is 0 Å². The smallest absolute Gasteiger partial charge is 0.416 e. The molecule has 28 heavy (non-hydrogen) atoms. The number of hydrogen-bond acceptors (Lipinski definition) is 4. The third-order valence-electron chi connectivity index (χ3n) is 4.66. The summed E-state index contributed by atoms with van der Waals surface area (Å²) >= 11 is 0. The average molecular weight is 394 g/mol. The number of methoxy groups -OCH3 is 2. The van der Waals surface area contributed by atoms with Gasteiger partial charge in [0.15, 0.2) is 11.5 Å². The Hall–Kier alpha value is -2.90. The molecule has 8 heteroatoms. The number of ether oxygens (including phenoxy) is 2. The fraction of sp³-hybridized carbons (Fsp3) is 0.350. The number of hydrogen-bond donors (Lipinski definition) is 1. The number of carbonyl (C=O) groups is 1. The molecule has 0 aliphatic carbocycles. The van der Waals surface area contributed by atoms with Gasteiger partial charge in [0.2, 0.25) is 0 Å². The van der Waals surface area contributed by atoms with Crippen LogP contribution in [0, 0.1) is 0 Å². The number of benzene rings is 2. The summed E-state index contributed by atoms with van der Waals surface area (Å²) in [6, 6.07) is 8.02. The van der Waals surface area contributed by atoms with Crippen molar-refractivity contribution in [1.29, 1.82) is 0 Å². The van der Waals surface area contributed by atoms with Gasteiger partial charge in [0.05, 0.1) is 31.2 Å². The summed E-state index contributed by atoms with van der Waals surface area (Å²) < 4.78 is 49.8. The monoisotopic (exact) mass is 394 g/mol. The molecule has 150 valence electrons. The normalized spacial score (nSPS) is 14.1. The lowest BCUT2D eigenvalue weighted by atomic mass is 10.1. The highest BCUT2D eigenvalue weighted by Gasteiger charge is 2.32. The molecule has 1 heterocycles. The highest BCUT2D eigenvalue weighted by molar-refractivity contribution is 6.06. The Morgan fingerprint density at radius 1 is 1.00 bits per heavy atom. The summed E-state index contributed by atoms with van der Waals surface area (Å²) in [7, 11) is 2.92. The first kappa shape index (κ1) is 19.9. The van der Waals surface area contributed by atoms with Gasteiger partial charge in [-0.1, -0.05) is 0 Å². The minimum atomic E-state index is -4.49. The van der Waals surface area contributed by atoms with Crippen LogP contribution in [0.4, 0.5) is 24.5 Å². The number of halogens is 3. The fourth-order valence-electron chi connectivity index (χ4n) is 3.22. The van der Waals surface area contributed by atoms with E-state index in [1.807, 2.05) is 4.90 Å². The second-order valence-corrected chi connectivity index (χ2v) is 6.45. The van der Waals surface area contributed by atoms with Crippen molar-refractivity contribution in [3.63, 3.8) is 0 Å². The number of carbonyl (C=O) groups excluding carboxylic acids is 1. The van der Waals surface area contributed by atoms with Gasteiger partial charge in [-0.05, 0) is 49.2 Å². The quantitative estimate of drug-likeness (QED) is 0.807. The molecule has 0 radical (unpaired) electrons. The van der Waals surface area contributed by atoms with Crippen LogP contribution in [0.25, 0.3) is 0 Å². The van der Waals surface area contributed by atoms with Crippen molar-refractivity contribution in [2.45, 2.75) is 19.0 Å². The molecule has 1 N–H and O–H groups in total. The van der Waals surface area contributed by atoms with E-state index in [-0.39, 0.29) is 11.3 Å². The van der Waals surface area contributed by atoms with E-state index in [1.54, 1.807) is 6.07 Å². The van der Waals surface area contributed by atoms with E-state index in [9.17, 15) is 18.0 Å². The SMILES string of the molecule is COc1ccc(C(=O)Nc2cc(C(F)(F)F)ccc2N2CCCC2)cc1OC. The van der Waals surface area contributed by atoms with Crippen molar-refractivity contribution in [2.75, 3.05) is 37.5 Å². The van der Waals surface area contributed by atoms with E-state index in [0.717, 1.165) is 38.1 Å². The van der Waals surface area contributed by atoms with E-state index in [1.165, 1.54) is 32.4 Å². The zero-order valence-electron chi connectivity index (χ0n) is 15.6. The molecule has 0 bridgehead atoms. The van der Waals surface area contributed by atoms with Gasteiger partial charge in [-0.2, -0.15) is 13.2 Å². The van der Waals surface area contributed by atoms with Crippen LogP contribution >= 0.6 is 0 Å². The van der Waals surface area contributed by atoms with Crippen LogP contribution in [0.15, 0.2) is 36.4 Å². The van der Waals surface area contributed by atoms with Crippen molar-refractivity contribution >= 4 is 17.3 Å². The van der Waals surface area contributed by atoms with E-state index < -0.39 is 17.6 Å². The molecule has 3 rings (SSSR count). The third kappa shape index (κ3) is 4.16. The van der Waals surface area contributed by atoms with Crippen molar-refractivity contribution in [1.82, 2.24) is 0 Å². The Bertz CT molecular complexity index is 862. The molecule has 1 aliphatic rings. The second-order valence-electron chi connectivity index (χ2n) is 6.45. The highest BCUT2D eigenvalue weighted by Crippen LogP contribution is 2.37. The number of alkyl halides is 3. The third-order valence-corrected chi connectivity index (χ3v) is 4.66. The van der Waals surface area contributed by atoms with Crippen molar-refractivity contribution in [2.24, 2.45) is 0 Å². The number of amides is 1. The van der Waals surface area contributed by atoms with Gasteiger partial charge in [0.25, 0.3) is 5.91 Å². The Morgan fingerprint density at radius 3 is 2.29 bits per heavy atom. The molecule has 0 atom stereocenters. The Morgan fingerprint density at radius 2 is 1.68 bits per heavy atom.